The van der Waals surface area contributed by atoms with E-state index in [9.17, 15) is 0 Å². The van der Waals surface area contributed by atoms with Crippen LogP contribution in [0.15, 0.2) is 30.5 Å². The standard InChI is InChI=1S/C12H16N4/c1-9-3-2-4-10(5-9)8-16-12(14)11(6-13)7-15-16/h2-5,7H,6,8,13-14H2,1H3. The zero-order chi connectivity index (χ0) is 11.5. The van der Waals surface area contributed by atoms with E-state index in [0.29, 0.717) is 18.9 Å². The van der Waals surface area contributed by atoms with Crippen molar-refractivity contribution in [1.82, 2.24) is 9.78 Å². The highest BCUT2D eigenvalue weighted by Gasteiger charge is 2.05. The Morgan fingerprint density at radius 3 is 2.81 bits per heavy atom. The molecule has 0 atom stereocenters. The number of nitrogens with two attached hydrogens (primary N) is 2. The van der Waals surface area contributed by atoms with E-state index in [4.69, 9.17) is 11.5 Å². The molecule has 0 aliphatic heterocycles. The third-order valence-corrected chi connectivity index (χ3v) is 2.59. The summed E-state index contributed by atoms with van der Waals surface area (Å²) in [6.45, 7) is 3.19. The number of benzene rings is 1. The van der Waals surface area contributed by atoms with Crippen molar-refractivity contribution >= 4 is 5.82 Å². The van der Waals surface area contributed by atoms with Crippen molar-refractivity contribution in [2.24, 2.45) is 5.73 Å². The van der Waals surface area contributed by atoms with Crippen LogP contribution in [0.3, 0.4) is 0 Å². The molecule has 4 heteroatoms. The first-order valence-electron chi connectivity index (χ1n) is 5.26. The van der Waals surface area contributed by atoms with E-state index in [1.807, 2.05) is 6.07 Å². The minimum absolute atomic E-state index is 0.430. The molecule has 0 bridgehead atoms. The molecular formula is C12H16N4. The fourth-order valence-corrected chi connectivity index (χ4v) is 1.70. The number of aryl methyl sites for hydroxylation is 1. The molecule has 0 unspecified atom stereocenters. The van der Waals surface area contributed by atoms with Gasteiger partial charge in [-0.1, -0.05) is 29.8 Å². The lowest BCUT2D eigenvalue weighted by molar-refractivity contribution is 0.696. The van der Waals surface area contributed by atoms with Crippen molar-refractivity contribution < 1.29 is 0 Å². The molecule has 84 valence electrons. The highest BCUT2D eigenvalue weighted by molar-refractivity contribution is 5.39. The summed E-state index contributed by atoms with van der Waals surface area (Å²) in [4.78, 5) is 0. The largest absolute Gasteiger partial charge is 0.384 e. The second-order valence-corrected chi connectivity index (χ2v) is 3.91. The van der Waals surface area contributed by atoms with Crippen molar-refractivity contribution in [3.05, 3.63) is 47.2 Å². The minimum Gasteiger partial charge on any atom is -0.384 e. The summed E-state index contributed by atoms with van der Waals surface area (Å²) in [6.07, 6.45) is 1.73. The van der Waals surface area contributed by atoms with Gasteiger partial charge in [-0.05, 0) is 12.5 Å². The molecule has 1 aromatic carbocycles. The van der Waals surface area contributed by atoms with Gasteiger partial charge in [0.2, 0.25) is 0 Å². The first-order chi connectivity index (χ1) is 7.70. The predicted molar refractivity (Wildman–Crippen MR) is 64.8 cm³/mol. The molecule has 0 saturated carbocycles. The molecule has 1 aromatic heterocycles. The van der Waals surface area contributed by atoms with Gasteiger partial charge in [0.25, 0.3) is 0 Å². The third-order valence-electron chi connectivity index (χ3n) is 2.59. The maximum absolute atomic E-state index is 5.92. The maximum atomic E-state index is 5.92. The van der Waals surface area contributed by atoms with Gasteiger partial charge in [0.05, 0.1) is 12.7 Å². The number of hydrogen-bond donors (Lipinski definition) is 2. The number of aromatic nitrogens is 2. The highest BCUT2D eigenvalue weighted by atomic mass is 15.3. The average Bonchev–Trinajstić information content (AvgIpc) is 2.60. The van der Waals surface area contributed by atoms with Crippen LogP contribution in [-0.2, 0) is 13.1 Å². The number of rotatable bonds is 3. The first kappa shape index (κ1) is 10.7. The molecule has 16 heavy (non-hydrogen) atoms. The second kappa shape index (κ2) is 4.37. The van der Waals surface area contributed by atoms with Crippen LogP contribution < -0.4 is 11.5 Å². The van der Waals surface area contributed by atoms with Crippen LogP contribution in [0.5, 0.6) is 0 Å². The highest BCUT2D eigenvalue weighted by Crippen LogP contribution is 2.13. The summed E-state index contributed by atoms with van der Waals surface area (Å²) in [5.41, 5.74) is 14.8. The maximum Gasteiger partial charge on any atom is 0.126 e. The smallest absolute Gasteiger partial charge is 0.126 e. The summed E-state index contributed by atoms with van der Waals surface area (Å²) in [5, 5.41) is 4.22. The third kappa shape index (κ3) is 2.06. The molecule has 0 saturated heterocycles. The van der Waals surface area contributed by atoms with E-state index in [1.54, 1.807) is 10.9 Å². The molecule has 4 nitrogen and oxygen atoms in total. The number of nitrogen functional groups attached to an aromatic ring is 1. The number of nitrogens with zero attached hydrogens (tertiary/aromatic N) is 2. The summed E-state index contributed by atoms with van der Waals surface area (Å²) in [6, 6.07) is 8.30. The SMILES string of the molecule is Cc1cccc(Cn2ncc(CN)c2N)c1. The Hall–Kier alpha value is -1.81. The van der Waals surface area contributed by atoms with E-state index in [1.165, 1.54) is 11.1 Å². The van der Waals surface area contributed by atoms with Gasteiger partial charge >= 0.3 is 0 Å². The molecule has 0 aliphatic rings. The first-order valence-corrected chi connectivity index (χ1v) is 5.26. The van der Waals surface area contributed by atoms with Crippen LogP contribution in [0, 0.1) is 6.92 Å². The number of anilines is 1. The Kier molecular flexibility index (Phi) is 2.92. The fraction of sp³-hybridized carbons (Fsp3) is 0.250. The molecular weight excluding hydrogens is 200 g/mol. The van der Waals surface area contributed by atoms with Crippen LogP contribution in [0.1, 0.15) is 16.7 Å². The summed E-state index contributed by atoms with van der Waals surface area (Å²) >= 11 is 0. The van der Waals surface area contributed by atoms with Crippen LogP contribution in [0.2, 0.25) is 0 Å². The van der Waals surface area contributed by atoms with E-state index in [2.05, 4.69) is 30.2 Å². The zero-order valence-electron chi connectivity index (χ0n) is 9.35. The van der Waals surface area contributed by atoms with E-state index in [0.717, 1.165) is 5.56 Å². The second-order valence-electron chi connectivity index (χ2n) is 3.91. The van der Waals surface area contributed by atoms with E-state index in [-0.39, 0.29) is 0 Å². The molecule has 0 spiro atoms. The Bertz CT molecular complexity index is 488. The Morgan fingerprint density at radius 1 is 1.38 bits per heavy atom. The Morgan fingerprint density at radius 2 is 2.19 bits per heavy atom. The molecule has 1 heterocycles. The van der Waals surface area contributed by atoms with Gasteiger partial charge in [-0.15, -0.1) is 0 Å². The Labute approximate surface area is 94.9 Å². The van der Waals surface area contributed by atoms with Gasteiger partial charge in [-0.3, -0.25) is 0 Å². The van der Waals surface area contributed by atoms with E-state index >= 15 is 0 Å². The Balaban J connectivity index is 2.24. The topological polar surface area (TPSA) is 69.9 Å². The van der Waals surface area contributed by atoms with Crippen LogP contribution in [0.4, 0.5) is 5.82 Å². The number of hydrogen-bond acceptors (Lipinski definition) is 3. The summed E-state index contributed by atoms with van der Waals surface area (Å²) in [7, 11) is 0. The molecule has 0 aliphatic carbocycles. The van der Waals surface area contributed by atoms with E-state index < -0.39 is 0 Å². The van der Waals surface area contributed by atoms with Crippen molar-refractivity contribution in [2.45, 2.75) is 20.0 Å². The monoisotopic (exact) mass is 216 g/mol. The molecule has 0 fully saturated rings. The van der Waals surface area contributed by atoms with Gasteiger partial charge in [0.15, 0.2) is 0 Å². The van der Waals surface area contributed by atoms with Crippen LogP contribution in [-0.4, -0.2) is 9.78 Å². The van der Waals surface area contributed by atoms with Gasteiger partial charge in [-0.25, -0.2) is 4.68 Å². The van der Waals surface area contributed by atoms with Crippen molar-refractivity contribution in [3.8, 4) is 0 Å². The van der Waals surface area contributed by atoms with Crippen molar-refractivity contribution in [1.29, 1.82) is 0 Å². The predicted octanol–water partition coefficient (Wildman–Crippen LogP) is 1.28. The van der Waals surface area contributed by atoms with Crippen LogP contribution in [0.25, 0.3) is 0 Å². The normalized spacial score (nSPS) is 10.6. The summed E-state index contributed by atoms with van der Waals surface area (Å²) < 4.78 is 1.77. The quantitative estimate of drug-likeness (QED) is 0.812. The zero-order valence-corrected chi connectivity index (χ0v) is 9.35. The van der Waals surface area contributed by atoms with Crippen molar-refractivity contribution in [3.63, 3.8) is 0 Å². The molecule has 0 radical (unpaired) electrons. The lowest BCUT2D eigenvalue weighted by Gasteiger charge is -2.05. The molecule has 2 aromatic rings. The average molecular weight is 216 g/mol. The van der Waals surface area contributed by atoms with Gasteiger partial charge < -0.3 is 11.5 Å². The molecule has 0 amide bonds. The van der Waals surface area contributed by atoms with Gasteiger partial charge in [-0.2, -0.15) is 5.10 Å². The summed E-state index contributed by atoms with van der Waals surface area (Å²) in [5.74, 6) is 0.656. The molecule has 4 N–H and O–H groups in total. The van der Waals surface area contributed by atoms with Gasteiger partial charge in [0, 0.05) is 12.1 Å². The fourth-order valence-electron chi connectivity index (χ4n) is 1.70. The van der Waals surface area contributed by atoms with Crippen LogP contribution >= 0.6 is 0 Å². The lowest BCUT2D eigenvalue weighted by atomic mass is 10.1. The molecule has 2 rings (SSSR count). The van der Waals surface area contributed by atoms with Gasteiger partial charge in [0.1, 0.15) is 5.82 Å². The lowest BCUT2D eigenvalue weighted by Crippen LogP contribution is -2.08. The van der Waals surface area contributed by atoms with Crippen molar-refractivity contribution in [2.75, 3.05) is 5.73 Å². The minimum atomic E-state index is 0.430.